The van der Waals surface area contributed by atoms with E-state index in [4.69, 9.17) is 9.84 Å². The van der Waals surface area contributed by atoms with Crippen molar-refractivity contribution >= 4 is 16.8 Å². The number of hydrogen-bond acceptors (Lipinski definition) is 6. The summed E-state index contributed by atoms with van der Waals surface area (Å²) >= 11 is 0.772. The van der Waals surface area contributed by atoms with Crippen LogP contribution in [0.1, 0.15) is 6.42 Å². The Kier molecular flexibility index (Phi) is 3.88. The molecule has 18 heavy (non-hydrogen) atoms. The summed E-state index contributed by atoms with van der Waals surface area (Å²) in [5, 5.41) is 28.0. The van der Waals surface area contributed by atoms with Crippen molar-refractivity contribution in [2.75, 3.05) is 6.61 Å². The first-order valence-corrected chi connectivity index (χ1v) is 6.12. The molecule has 1 fully saturated rings. The van der Waals surface area contributed by atoms with Gasteiger partial charge in [0.15, 0.2) is 0 Å². The summed E-state index contributed by atoms with van der Waals surface area (Å²) in [5.41, 5.74) is -0.794. The molecule has 0 amide bonds. The van der Waals surface area contributed by atoms with Crippen molar-refractivity contribution in [2.45, 2.75) is 42.4 Å². The van der Waals surface area contributed by atoms with Crippen molar-refractivity contribution < 1.29 is 33.2 Å². The number of rotatable bonds is 2. The standard InChI is InChI=1S/C9H12F3NO4S/c10-9(11,12)1-4-13-5-7(16)6(15)3(2-14)17-8(5)18-4/h3,5-8,14-16H,1-2H2/t3-,5-,6-,7-,8-/m1/s1. The van der Waals surface area contributed by atoms with Gasteiger partial charge in [0, 0.05) is 0 Å². The van der Waals surface area contributed by atoms with Gasteiger partial charge in [-0.1, -0.05) is 11.8 Å². The minimum absolute atomic E-state index is 0.178. The normalized spacial score (nSPS) is 40.6. The van der Waals surface area contributed by atoms with Crippen LogP contribution in [0.25, 0.3) is 0 Å². The lowest BCUT2D eigenvalue weighted by molar-refractivity contribution is -0.164. The molecule has 0 aromatic carbocycles. The van der Waals surface area contributed by atoms with Gasteiger partial charge in [-0.15, -0.1) is 0 Å². The highest BCUT2D eigenvalue weighted by Crippen LogP contribution is 2.39. The van der Waals surface area contributed by atoms with Crippen LogP contribution in [-0.4, -0.2) is 62.9 Å². The highest BCUT2D eigenvalue weighted by Gasteiger charge is 2.49. The van der Waals surface area contributed by atoms with Crippen LogP contribution in [0.3, 0.4) is 0 Å². The minimum atomic E-state index is -4.38. The van der Waals surface area contributed by atoms with Crippen LogP contribution in [0.2, 0.25) is 0 Å². The number of ether oxygens (including phenoxy) is 1. The topological polar surface area (TPSA) is 82.3 Å². The van der Waals surface area contributed by atoms with E-state index in [2.05, 4.69) is 4.99 Å². The fraction of sp³-hybridized carbons (Fsp3) is 0.889. The Bertz CT molecular complexity index is 351. The third-order valence-corrected chi connectivity index (χ3v) is 3.89. The molecule has 0 aliphatic carbocycles. The Labute approximate surface area is 105 Å². The van der Waals surface area contributed by atoms with Crippen LogP contribution in [0.4, 0.5) is 13.2 Å². The maximum atomic E-state index is 12.2. The maximum Gasteiger partial charge on any atom is 0.395 e. The second-order valence-corrected chi connectivity index (χ2v) is 5.30. The van der Waals surface area contributed by atoms with E-state index in [1.165, 1.54) is 0 Å². The van der Waals surface area contributed by atoms with Crippen molar-refractivity contribution in [3.8, 4) is 0 Å². The summed E-state index contributed by atoms with van der Waals surface area (Å²) in [7, 11) is 0. The van der Waals surface area contributed by atoms with Crippen LogP contribution in [-0.2, 0) is 4.74 Å². The van der Waals surface area contributed by atoms with Crippen LogP contribution in [0.5, 0.6) is 0 Å². The van der Waals surface area contributed by atoms with Gasteiger partial charge in [0.1, 0.15) is 29.8 Å². The first kappa shape index (κ1) is 14.1. The zero-order valence-electron chi connectivity index (χ0n) is 9.04. The lowest BCUT2D eigenvalue weighted by atomic mass is 9.99. The van der Waals surface area contributed by atoms with Gasteiger partial charge in [0.05, 0.1) is 18.1 Å². The molecular weight excluding hydrogens is 275 g/mol. The molecule has 0 saturated carbocycles. The van der Waals surface area contributed by atoms with Gasteiger partial charge >= 0.3 is 6.18 Å². The molecule has 0 aromatic rings. The van der Waals surface area contributed by atoms with E-state index in [1.54, 1.807) is 0 Å². The molecule has 1 saturated heterocycles. The molecular formula is C9H12F3NO4S. The summed E-state index contributed by atoms with van der Waals surface area (Å²) in [6.45, 7) is -0.517. The van der Waals surface area contributed by atoms with Gasteiger partial charge < -0.3 is 20.1 Å². The van der Waals surface area contributed by atoms with Crippen LogP contribution in [0.15, 0.2) is 4.99 Å². The molecule has 2 heterocycles. The molecule has 0 radical (unpaired) electrons. The third kappa shape index (κ3) is 2.80. The molecule has 5 atom stereocenters. The zero-order valence-corrected chi connectivity index (χ0v) is 9.86. The van der Waals surface area contributed by atoms with E-state index in [0.29, 0.717) is 0 Å². The monoisotopic (exact) mass is 287 g/mol. The van der Waals surface area contributed by atoms with Crippen LogP contribution < -0.4 is 0 Å². The van der Waals surface area contributed by atoms with E-state index in [9.17, 15) is 23.4 Å². The van der Waals surface area contributed by atoms with Gasteiger partial charge in [-0.05, 0) is 0 Å². The molecule has 2 aliphatic rings. The highest BCUT2D eigenvalue weighted by molar-refractivity contribution is 8.14. The average Bonchev–Trinajstić information content (AvgIpc) is 2.63. The van der Waals surface area contributed by atoms with Crippen LogP contribution >= 0.6 is 11.8 Å². The van der Waals surface area contributed by atoms with E-state index in [0.717, 1.165) is 11.8 Å². The van der Waals surface area contributed by atoms with Crippen molar-refractivity contribution in [2.24, 2.45) is 4.99 Å². The predicted molar refractivity (Wildman–Crippen MR) is 57.2 cm³/mol. The van der Waals surface area contributed by atoms with E-state index >= 15 is 0 Å². The number of thioether (sulfide) groups is 1. The summed E-state index contributed by atoms with van der Waals surface area (Å²) in [6, 6.07) is -0.926. The third-order valence-electron chi connectivity index (χ3n) is 2.75. The molecule has 5 nitrogen and oxygen atoms in total. The molecule has 9 heteroatoms. The lowest BCUT2D eigenvalue weighted by Crippen LogP contribution is -2.55. The van der Waals surface area contributed by atoms with Gasteiger partial charge in [0.25, 0.3) is 0 Å². The molecule has 3 N–H and O–H groups in total. The van der Waals surface area contributed by atoms with E-state index in [-0.39, 0.29) is 5.04 Å². The summed E-state index contributed by atoms with van der Waals surface area (Å²) < 4.78 is 41.9. The van der Waals surface area contributed by atoms with Crippen LogP contribution in [0, 0.1) is 0 Å². The number of fused-ring (bicyclic) bond motifs is 1. The lowest BCUT2D eigenvalue weighted by Gasteiger charge is -2.37. The fourth-order valence-corrected chi connectivity index (χ4v) is 3.15. The van der Waals surface area contributed by atoms with Crippen molar-refractivity contribution in [1.29, 1.82) is 0 Å². The zero-order chi connectivity index (χ0) is 13.5. The van der Waals surface area contributed by atoms with Gasteiger partial charge in [-0.2, -0.15) is 13.2 Å². The fourth-order valence-electron chi connectivity index (χ4n) is 1.89. The Balaban J connectivity index is 2.08. The van der Waals surface area contributed by atoms with Crippen molar-refractivity contribution in [1.82, 2.24) is 0 Å². The Hall–Kier alpha value is -0.350. The molecule has 2 aliphatic heterocycles. The molecule has 104 valence electrons. The summed E-state index contributed by atoms with van der Waals surface area (Å²) in [6.07, 6.45) is -9.25. The first-order chi connectivity index (χ1) is 8.31. The number of alkyl halides is 3. The molecule has 0 spiro atoms. The number of nitrogens with zero attached hydrogens (tertiary/aromatic N) is 1. The number of aliphatic imine (C=N–C) groups is 1. The maximum absolute atomic E-state index is 12.2. The minimum Gasteiger partial charge on any atom is -0.394 e. The smallest absolute Gasteiger partial charge is 0.394 e. The molecule has 0 bridgehead atoms. The van der Waals surface area contributed by atoms with E-state index in [1.807, 2.05) is 0 Å². The van der Waals surface area contributed by atoms with Gasteiger partial charge in [0.2, 0.25) is 0 Å². The number of aliphatic hydroxyl groups excluding tert-OH is 3. The van der Waals surface area contributed by atoms with E-state index < -0.39 is 49.0 Å². The Morgan fingerprint density at radius 3 is 2.50 bits per heavy atom. The molecule has 0 aromatic heterocycles. The largest absolute Gasteiger partial charge is 0.395 e. The average molecular weight is 287 g/mol. The Morgan fingerprint density at radius 1 is 1.28 bits per heavy atom. The summed E-state index contributed by atoms with van der Waals surface area (Å²) in [5.74, 6) is 0. The Morgan fingerprint density at radius 2 is 1.94 bits per heavy atom. The van der Waals surface area contributed by atoms with Gasteiger partial charge in [-0.3, -0.25) is 4.99 Å². The number of aliphatic hydroxyl groups is 3. The number of halogens is 3. The summed E-state index contributed by atoms with van der Waals surface area (Å²) in [4.78, 5) is 3.74. The molecule has 2 rings (SSSR count). The first-order valence-electron chi connectivity index (χ1n) is 5.24. The van der Waals surface area contributed by atoms with Gasteiger partial charge in [-0.25, -0.2) is 0 Å². The second kappa shape index (κ2) is 4.97. The van der Waals surface area contributed by atoms with Crippen molar-refractivity contribution in [3.05, 3.63) is 0 Å². The highest BCUT2D eigenvalue weighted by atomic mass is 32.2. The number of hydrogen-bond donors (Lipinski definition) is 3. The SMILES string of the molecule is OC[C@H]1O[C@@H]2SC(CC(F)(F)F)=N[C@@H]2[C@@H](O)[C@@H]1O. The predicted octanol–water partition coefficient (Wildman–Crippen LogP) is -0.108. The quantitative estimate of drug-likeness (QED) is 0.660. The molecule has 0 unspecified atom stereocenters. The van der Waals surface area contributed by atoms with Crippen molar-refractivity contribution in [3.63, 3.8) is 0 Å². The second-order valence-electron chi connectivity index (χ2n) is 4.13.